The summed E-state index contributed by atoms with van der Waals surface area (Å²) in [6.45, 7) is 1.68. The SMILES string of the molecule is O=C1C(=O)N(CCCCCCN2C(=O)/C(=C3/C(=O)N(CCCCCCBr)c4ccccc43)c3ccccc32)c2ccccc21. The summed E-state index contributed by atoms with van der Waals surface area (Å²) in [6, 6.07) is 22.7. The van der Waals surface area contributed by atoms with Crippen molar-refractivity contribution < 1.29 is 19.2 Å². The molecule has 7 nitrogen and oxygen atoms in total. The Morgan fingerprint density at radius 1 is 0.432 bits per heavy atom. The van der Waals surface area contributed by atoms with Gasteiger partial charge in [0.05, 0.1) is 33.8 Å². The van der Waals surface area contributed by atoms with Gasteiger partial charge in [0.2, 0.25) is 0 Å². The van der Waals surface area contributed by atoms with Crippen LogP contribution < -0.4 is 14.7 Å². The Morgan fingerprint density at radius 3 is 1.25 bits per heavy atom. The van der Waals surface area contributed by atoms with E-state index in [1.807, 2.05) is 70.5 Å². The Bertz CT molecular complexity index is 1650. The summed E-state index contributed by atoms with van der Waals surface area (Å²) in [5, 5.41) is 0.990. The summed E-state index contributed by atoms with van der Waals surface area (Å²) in [7, 11) is 0. The van der Waals surface area contributed by atoms with Crippen molar-refractivity contribution in [3.63, 3.8) is 0 Å². The van der Waals surface area contributed by atoms with E-state index in [1.54, 1.807) is 17.0 Å². The summed E-state index contributed by atoms with van der Waals surface area (Å²) >= 11 is 3.49. The lowest BCUT2D eigenvalue weighted by Crippen LogP contribution is -2.31. The molecule has 44 heavy (non-hydrogen) atoms. The predicted molar refractivity (Wildman–Crippen MR) is 178 cm³/mol. The number of nitrogens with zero attached hydrogens (tertiary/aromatic N) is 3. The number of carbonyl (C=O) groups excluding carboxylic acids is 4. The Morgan fingerprint density at radius 2 is 0.795 bits per heavy atom. The highest BCUT2D eigenvalue weighted by Crippen LogP contribution is 2.46. The number of hydrogen-bond donors (Lipinski definition) is 0. The van der Waals surface area contributed by atoms with Crippen molar-refractivity contribution in [2.45, 2.75) is 51.4 Å². The van der Waals surface area contributed by atoms with Crippen molar-refractivity contribution in [2.75, 3.05) is 39.7 Å². The van der Waals surface area contributed by atoms with Gasteiger partial charge in [-0.05, 0) is 49.9 Å². The lowest BCUT2D eigenvalue weighted by Gasteiger charge is -2.18. The number of unbranched alkanes of at least 4 members (excludes halogenated alkanes) is 6. The summed E-state index contributed by atoms with van der Waals surface area (Å²) in [5.41, 5.74) is 5.53. The molecular weight excluding hydrogens is 618 g/mol. The van der Waals surface area contributed by atoms with Crippen molar-refractivity contribution in [1.82, 2.24) is 0 Å². The van der Waals surface area contributed by atoms with Gasteiger partial charge in [0.1, 0.15) is 0 Å². The number of anilines is 3. The number of alkyl halides is 1. The maximum absolute atomic E-state index is 14.0. The van der Waals surface area contributed by atoms with Crippen molar-refractivity contribution >= 4 is 67.6 Å². The van der Waals surface area contributed by atoms with E-state index in [0.29, 0.717) is 42.0 Å². The van der Waals surface area contributed by atoms with Crippen LogP contribution >= 0.6 is 15.9 Å². The highest BCUT2D eigenvalue weighted by molar-refractivity contribution is 9.09. The second-order valence-corrected chi connectivity index (χ2v) is 12.3. The molecular formula is C36H36BrN3O4. The molecule has 8 heteroatoms. The lowest BCUT2D eigenvalue weighted by atomic mass is 9.96. The molecule has 226 valence electrons. The molecule has 0 aliphatic carbocycles. The van der Waals surface area contributed by atoms with E-state index in [1.165, 1.54) is 0 Å². The van der Waals surface area contributed by atoms with Crippen molar-refractivity contribution in [3.8, 4) is 0 Å². The number of rotatable bonds is 13. The van der Waals surface area contributed by atoms with Gasteiger partial charge in [0.25, 0.3) is 23.5 Å². The molecule has 0 spiro atoms. The van der Waals surface area contributed by atoms with Gasteiger partial charge in [-0.1, -0.05) is 90.1 Å². The van der Waals surface area contributed by atoms with E-state index in [2.05, 4.69) is 15.9 Å². The molecule has 6 rings (SSSR count). The largest absolute Gasteiger partial charge is 0.308 e. The maximum Gasteiger partial charge on any atom is 0.299 e. The molecule has 0 bridgehead atoms. The molecule has 3 aromatic rings. The second-order valence-electron chi connectivity index (χ2n) is 11.5. The minimum atomic E-state index is -0.456. The number of Topliss-reactive ketones (excluding diaryl/α,β-unsaturated/α-hetero) is 1. The molecule has 3 aliphatic rings. The number of amides is 3. The van der Waals surface area contributed by atoms with Crippen molar-refractivity contribution in [3.05, 3.63) is 89.5 Å². The highest BCUT2D eigenvalue weighted by Gasteiger charge is 2.41. The molecule has 3 aromatic carbocycles. The third kappa shape index (κ3) is 5.52. The Kier molecular flexibility index (Phi) is 9.07. The van der Waals surface area contributed by atoms with Crippen molar-refractivity contribution in [2.24, 2.45) is 0 Å². The number of halogens is 1. The quantitative estimate of drug-likeness (QED) is 0.0858. The standard InChI is InChI=1S/C36H36BrN3O4/c37-21-11-1-2-12-22-38-28-18-8-5-15-25(28)31(34(38)42)32-26-16-6-9-19-29(26)39(35(32)43)23-13-3-4-14-24-40-30-20-10-7-17-27(30)33(41)36(40)44/h5-10,15-20H,1-4,11-14,21-24H2/b32-31+. The van der Waals surface area contributed by atoms with Gasteiger partial charge in [0.15, 0.2) is 0 Å². The molecule has 3 amide bonds. The molecule has 0 saturated carbocycles. The van der Waals surface area contributed by atoms with Gasteiger partial charge in [-0.15, -0.1) is 0 Å². The van der Waals surface area contributed by atoms with Crippen LogP contribution in [-0.2, 0) is 14.4 Å². The molecule has 3 heterocycles. The topological polar surface area (TPSA) is 78.0 Å². The van der Waals surface area contributed by atoms with Crippen LogP contribution in [0.3, 0.4) is 0 Å². The van der Waals surface area contributed by atoms with Gasteiger partial charge in [0, 0.05) is 36.1 Å². The van der Waals surface area contributed by atoms with Crippen LogP contribution in [0.15, 0.2) is 72.8 Å². The lowest BCUT2D eigenvalue weighted by molar-refractivity contribution is -0.114. The van der Waals surface area contributed by atoms with Gasteiger partial charge in [-0.2, -0.15) is 0 Å². The Balaban J connectivity index is 1.12. The second kappa shape index (κ2) is 13.3. The fraction of sp³-hybridized carbons (Fsp3) is 0.333. The molecule has 0 N–H and O–H groups in total. The van der Waals surface area contributed by atoms with E-state index >= 15 is 0 Å². The van der Waals surface area contributed by atoms with E-state index in [4.69, 9.17) is 0 Å². The molecule has 0 saturated heterocycles. The monoisotopic (exact) mass is 653 g/mol. The highest BCUT2D eigenvalue weighted by atomic mass is 79.9. The number of ketones is 1. The van der Waals surface area contributed by atoms with Crippen LogP contribution in [0.5, 0.6) is 0 Å². The van der Waals surface area contributed by atoms with Gasteiger partial charge < -0.3 is 14.7 Å². The first-order valence-electron chi connectivity index (χ1n) is 15.6. The van der Waals surface area contributed by atoms with Gasteiger partial charge in [-0.3, -0.25) is 19.2 Å². The summed E-state index contributed by atoms with van der Waals surface area (Å²) < 4.78 is 0. The number of para-hydroxylation sites is 3. The Labute approximate surface area is 266 Å². The number of hydrogen-bond acceptors (Lipinski definition) is 4. The minimum absolute atomic E-state index is 0.0943. The fourth-order valence-corrected chi connectivity index (χ4v) is 6.97. The number of benzene rings is 3. The van der Waals surface area contributed by atoms with E-state index < -0.39 is 11.7 Å². The zero-order valence-electron chi connectivity index (χ0n) is 24.8. The van der Waals surface area contributed by atoms with Crippen LogP contribution in [0.25, 0.3) is 11.1 Å². The fourth-order valence-electron chi connectivity index (χ4n) is 6.57. The minimum Gasteiger partial charge on any atom is -0.308 e. The van der Waals surface area contributed by atoms with Crippen LogP contribution in [-0.4, -0.2) is 48.5 Å². The zero-order chi connectivity index (χ0) is 30.6. The summed E-state index contributed by atoms with van der Waals surface area (Å²) in [4.78, 5) is 57.9. The molecule has 0 atom stereocenters. The Hall–Kier alpha value is -4.04. The first-order chi connectivity index (χ1) is 21.5. The first-order valence-corrected chi connectivity index (χ1v) is 16.7. The first kappa shape index (κ1) is 30.0. The van der Waals surface area contributed by atoms with Crippen molar-refractivity contribution in [1.29, 1.82) is 0 Å². The average Bonchev–Trinajstić information content (AvgIpc) is 3.58. The maximum atomic E-state index is 14.0. The van der Waals surface area contributed by atoms with Gasteiger partial charge >= 0.3 is 0 Å². The van der Waals surface area contributed by atoms with Gasteiger partial charge in [-0.25, -0.2) is 0 Å². The van der Waals surface area contributed by atoms with E-state index in [-0.39, 0.29) is 11.8 Å². The summed E-state index contributed by atoms with van der Waals surface area (Å²) in [5.74, 6) is -1.11. The molecule has 0 fully saturated rings. The molecule has 0 radical (unpaired) electrons. The zero-order valence-corrected chi connectivity index (χ0v) is 26.4. The predicted octanol–water partition coefficient (Wildman–Crippen LogP) is 7.04. The van der Waals surface area contributed by atoms with E-state index in [0.717, 1.165) is 79.2 Å². The average molecular weight is 655 g/mol. The molecule has 0 aromatic heterocycles. The van der Waals surface area contributed by atoms with E-state index in [9.17, 15) is 19.2 Å². The van der Waals surface area contributed by atoms with Crippen LogP contribution in [0.4, 0.5) is 17.1 Å². The number of fused-ring (bicyclic) bond motifs is 3. The number of carbonyl (C=O) groups is 4. The van der Waals surface area contributed by atoms with Crippen LogP contribution in [0, 0.1) is 0 Å². The summed E-state index contributed by atoms with van der Waals surface area (Å²) in [6.07, 6.45) is 7.51. The van der Waals surface area contributed by atoms with Crippen LogP contribution in [0.1, 0.15) is 72.9 Å². The third-order valence-corrected chi connectivity index (χ3v) is 9.31. The third-order valence-electron chi connectivity index (χ3n) is 8.75. The van der Waals surface area contributed by atoms with Crippen LogP contribution in [0.2, 0.25) is 0 Å². The molecule has 3 aliphatic heterocycles. The molecule has 0 unspecified atom stereocenters. The normalized spacial score (nSPS) is 17.2. The smallest absolute Gasteiger partial charge is 0.299 e.